The number of hydrogen-bond acceptors (Lipinski definition) is 3. The summed E-state index contributed by atoms with van der Waals surface area (Å²) in [5.74, 6) is 0.251. The van der Waals surface area contributed by atoms with Crippen LogP contribution < -0.4 is 0 Å². The van der Waals surface area contributed by atoms with Crippen molar-refractivity contribution in [2.24, 2.45) is 0 Å². The standard InChI is InChI=1S/C16H17NO3/c1-9-16(10(2)20-17-9)13-5-6-14-11(7-13)3-4-12(14)8-15(18)19/h5-7,12H,3-4,8H2,1-2H3,(H,18,19). The molecule has 1 aliphatic carbocycles. The minimum atomic E-state index is -0.724. The van der Waals surface area contributed by atoms with E-state index in [0.717, 1.165) is 35.4 Å². The summed E-state index contributed by atoms with van der Waals surface area (Å²) in [5.41, 5.74) is 5.49. The first-order valence-electron chi connectivity index (χ1n) is 6.84. The minimum Gasteiger partial charge on any atom is -0.481 e. The fraction of sp³-hybridized carbons (Fsp3) is 0.375. The van der Waals surface area contributed by atoms with Crippen molar-refractivity contribution in [2.75, 3.05) is 0 Å². The van der Waals surface area contributed by atoms with Gasteiger partial charge in [0.2, 0.25) is 0 Å². The van der Waals surface area contributed by atoms with E-state index in [1.165, 1.54) is 11.1 Å². The smallest absolute Gasteiger partial charge is 0.303 e. The van der Waals surface area contributed by atoms with Crippen LogP contribution in [-0.4, -0.2) is 16.2 Å². The zero-order valence-corrected chi connectivity index (χ0v) is 11.6. The van der Waals surface area contributed by atoms with Crippen LogP contribution in [0.25, 0.3) is 11.1 Å². The Morgan fingerprint density at radius 3 is 2.90 bits per heavy atom. The Labute approximate surface area is 117 Å². The van der Waals surface area contributed by atoms with Crippen LogP contribution in [0.4, 0.5) is 0 Å². The molecule has 1 atom stereocenters. The number of carboxylic acid groups (broad SMARTS) is 1. The lowest BCUT2D eigenvalue weighted by molar-refractivity contribution is -0.137. The number of benzene rings is 1. The predicted molar refractivity (Wildman–Crippen MR) is 74.7 cm³/mol. The first-order chi connectivity index (χ1) is 9.56. The normalized spacial score (nSPS) is 17.2. The molecule has 4 nitrogen and oxygen atoms in total. The van der Waals surface area contributed by atoms with E-state index in [9.17, 15) is 4.79 Å². The summed E-state index contributed by atoms with van der Waals surface area (Å²) >= 11 is 0. The molecule has 104 valence electrons. The monoisotopic (exact) mass is 271 g/mol. The van der Waals surface area contributed by atoms with Crippen LogP contribution in [0.15, 0.2) is 22.7 Å². The maximum absolute atomic E-state index is 10.9. The Balaban J connectivity index is 1.98. The molecule has 4 heteroatoms. The van der Waals surface area contributed by atoms with E-state index in [4.69, 9.17) is 9.63 Å². The maximum atomic E-state index is 10.9. The largest absolute Gasteiger partial charge is 0.481 e. The van der Waals surface area contributed by atoms with E-state index < -0.39 is 5.97 Å². The molecule has 3 rings (SSSR count). The molecular weight excluding hydrogens is 254 g/mol. The lowest BCUT2D eigenvalue weighted by Gasteiger charge is -2.09. The molecule has 1 heterocycles. The van der Waals surface area contributed by atoms with E-state index in [2.05, 4.69) is 17.3 Å². The Morgan fingerprint density at radius 1 is 1.45 bits per heavy atom. The molecule has 1 N–H and O–H groups in total. The zero-order chi connectivity index (χ0) is 14.3. The number of nitrogens with zero attached hydrogens (tertiary/aromatic N) is 1. The number of carbonyl (C=O) groups is 1. The molecule has 2 aromatic rings. The summed E-state index contributed by atoms with van der Waals surface area (Å²) in [7, 11) is 0. The highest BCUT2D eigenvalue weighted by Gasteiger charge is 2.25. The molecule has 0 radical (unpaired) electrons. The van der Waals surface area contributed by atoms with Gasteiger partial charge in [-0.15, -0.1) is 0 Å². The van der Waals surface area contributed by atoms with Gasteiger partial charge < -0.3 is 9.63 Å². The van der Waals surface area contributed by atoms with Crippen molar-refractivity contribution in [3.05, 3.63) is 40.8 Å². The van der Waals surface area contributed by atoms with Crippen molar-refractivity contribution in [3.63, 3.8) is 0 Å². The third-order valence-corrected chi connectivity index (χ3v) is 4.09. The minimum absolute atomic E-state index is 0.154. The van der Waals surface area contributed by atoms with Crippen molar-refractivity contribution in [2.45, 2.75) is 39.0 Å². The second-order valence-corrected chi connectivity index (χ2v) is 5.45. The van der Waals surface area contributed by atoms with Crippen LogP contribution in [0.2, 0.25) is 0 Å². The Kier molecular flexibility index (Phi) is 3.08. The highest BCUT2D eigenvalue weighted by Crippen LogP contribution is 2.38. The molecule has 1 aliphatic rings. The first-order valence-corrected chi connectivity index (χ1v) is 6.84. The summed E-state index contributed by atoms with van der Waals surface area (Å²) in [6.07, 6.45) is 2.09. The second kappa shape index (κ2) is 4.78. The van der Waals surface area contributed by atoms with Crippen molar-refractivity contribution in [3.8, 4) is 11.1 Å². The molecule has 0 saturated carbocycles. The van der Waals surface area contributed by atoms with Crippen molar-refractivity contribution in [1.82, 2.24) is 5.16 Å². The third kappa shape index (κ3) is 2.11. The van der Waals surface area contributed by atoms with E-state index in [1.54, 1.807) is 0 Å². The van der Waals surface area contributed by atoms with Gasteiger partial charge in [-0.2, -0.15) is 0 Å². The third-order valence-electron chi connectivity index (χ3n) is 4.09. The first kappa shape index (κ1) is 12.9. The van der Waals surface area contributed by atoms with Gasteiger partial charge in [-0.25, -0.2) is 0 Å². The van der Waals surface area contributed by atoms with Gasteiger partial charge >= 0.3 is 5.97 Å². The number of rotatable bonds is 3. The lowest BCUT2D eigenvalue weighted by atomic mass is 9.95. The Bertz CT molecular complexity index is 653. The number of aromatic nitrogens is 1. The van der Waals surface area contributed by atoms with Gasteiger partial charge in [-0.1, -0.05) is 23.4 Å². The van der Waals surface area contributed by atoms with Crippen LogP contribution in [0.5, 0.6) is 0 Å². The molecule has 1 aromatic carbocycles. The molecule has 0 saturated heterocycles. The SMILES string of the molecule is Cc1noc(C)c1-c1ccc2c(c1)CCC2CC(=O)O. The van der Waals surface area contributed by atoms with Crippen LogP contribution in [-0.2, 0) is 11.2 Å². The van der Waals surface area contributed by atoms with Crippen LogP contribution in [0.3, 0.4) is 0 Å². The average molecular weight is 271 g/mol. The number of aryl methyl sites for hydroxylation is 3. The highest BCUT2D eigenvalue weighted by atomic mass is 16.5. The maximum Gasteiger partial charge on any atom is 0.303 e. The van der Waals surface area contributed by atoms with Crippen molar-refractivity contribution >= 4 is 5.97 Å². The molecule has 0 bridgehead atoms. The van der Waals surface area contributed by atoms with Gasteiger partial charge in [0.25, 0.3) is 0 Å². The number of hydrogen-bond donors (Lipinski definition) is 1. The average Bonchev–Trinajstić information content (AvgIpc) is 2.93. The quantitative estimate of drug-likeness (QED) is 0.928. The summed E-state index contributed by atoms with van der Waals surface area (Å²) in [6, 6.07) is 6.27. The Morgan fingerprint density at radius 2 is 2.25 bits per heavy atom. The van der Waals surface area contributed by atoms with E-state index in [1.807, 2.05) is 19.9 Å². The van der Waals surface area contributed by atoms with Crippen LogP contribution in [0, 0.1) is 13.8 Å². The zero-order valence-electron chi connectivity index (χ0n) is 11.6. The molecule has 0 amide bonds. The molecule has 1 aromatic heterocycles. The topological polar surface area (TPSA) is 63.3 Å². The van der Waals surface area contributed by atoms with Crippen molar-refractivity contribution in [1.29, 1.82) is 0 Å². The summed E-state index contributed by atoms with van der Waals surface area (Å²) in [6.45, 7) is 3.85. The number of fused-ring (bicyclic) bond motifs is 1. The summed E-state index contributed by atoms with van der Waals surface area (Å²) in [4.78, 5) is 10.9. The predicted octanol–water partition coefficient (Wildman–Crippen LogP) is 3.46. The van der Waals surface area contributed by atoms with Gasteiger partial charge in [0.05, 0.1) is 12.1 Å². The number of carboxylic acids is 1. The lowest BCUT2D eigenvalue weighted by Crippen LogP contribution is -2.02. The van der Waals surface area contributed by atoms with E-state index in [0.29, 0.717) is 0 Å². The molecule has 20 heavy (non-hydrogen) atoms. The van der Waals surface area contributed by atoms with Gasteiger partial charge in [0.15, 0.2) is 0 Å². The molecule has 1 unspecified atom stereocenters. The highest BCUT2D eigenvalue weighted by molar-refractivity contribution is 5.71. The van der Waals surface area contributed by atoms with Crippen LogP contribution >= 0.6 is 0 Å². The summed E-state index contributed by atoms with van der Waals surface area (Å²) < 4.78 is 5.22. The van der Waals surface area contributed by atoms with Gasteiger partial charge in [-0.3, -0.25) is 4.79 Å². The van der Waals surface area contributed by atoms with E-state index in [-0.39, 0.29) is 12.3 Å². The van der Waals surface area contributed by atoms with Crippen molar-refractivity contribution < 1.29 is 14.4 Å². The molecule has 0 aliphatic heterocycles. The number of aliphatic carboxylic acids is 1. The Hall–Kier alpha value is -2.10. The van der Waals surface area contributed by atoms with Gasteiger partial charge in [-0.05, 0) is 49.3 Å². The van der Waals surface area contributed by atoms with E-state index >= 15 is 0 Å². The second-order valence-electron chi connectivity index (χ2n) is 5.45. The summed E-state index contributed by atoms with van der Waals surface area (Å²) in [5, 5.41) is 12.9. The molecule has 0 spiro atoms. The van der Waals surface area contributed by atoms with Gasteiger partial charge in [0.1, 0.15) is 5.76 Å². The van der Waals surface area contributed by atoms with Gasteiger partial charge in [0, 0.05) is 5.56 Å². The van der Waals surface area contributed by atoms with Crippen LogP contribution in [0.1, 0.15) is 41.3 Å². The molecular formula is C16H17NO3. The fourth-order valence-corrected chi connectivity index (χ4v) is 3.18. The molecule has 0 fully saturated rings. The fourth-order valence-electron chi connectivity index (χ4n) is 3.18.